The monoisotopic (exact) mass is 294 g/mol. The SMILES string of the molecule is CC(C)CNC(C#N)c1cccc(OCc2ccccc2)c1. The van der Waals surface area contributed by atoms with Gasteiger partial charge in [-0.1, -0.05) is 56.3 Å². The van der Waals surface area contributed by atoms with Crippen LogP contribution in [0.1, 0.15) is 31.0 Å². The maximum Gasteiger partial charge on any atom is 0.121 e. The fraction of sp³-hybridized carbons (Fsp3) is 0.316. The van der Waals surface area contributed by atoms with Crippen LogP contribution in [0.4, 0.5) is 0 Å². The van der Waals surface area contributed by atoms with Gasteiger partial charge in [-0.25, -0.2) is 0 Å². The summed E-state index contributed by atoms with van der Waals surface area (Å²) in [6, 6.07) is 19.8. The van der Waals surface area contributed by atoms with E-state index < -0.39 is 0 Å². The van der Waals surface area contributed by atoms with Crippen molar-refractivity contribution in [3.8, 4) is 11.8 Å². The first kappa shape index (κ1) is 16.1. The molecule has 2 aromatic rings. The molecule has 0 heterocycles. The maximum atomic E-state index is 9.34. The van der Waals surface area contributed by atoms with Crippen LogP contribution in [0.2, 0.25) is 0 Å². The van der Waals surface area contributed by atoms with E-state index in [0.29, 0.717) is 12.5 Å². The summed E-state index contributed by atoms with van der Waals surface area (Å²) in [5.74, 6) is 1.29. The summed E-state index contributed by atoms with van der Waals surface area (Å²) < 4.78 is 5.82. The molecule has 0 bridgehead atoms. The second kappa shape index (κ2) is 8.21. The Balaban J connectivity index is 2.01. The smallest absolute Gasteiger partial charge is 0.121 e. The third-order valence-corrected chi connectivity index (χ3v) is 3.30. The van der Waals surface area contributed by atoms with Crippen molar-refractivity contribution in [2.75, 3.05) is 6.54 Å². The first-order chi connectivity index (χ1) is 10.7. The molecule has 0 saturated carbocycles. The number of nitrogens with zero attached hydrogens (tertiary/aromatic N) is 1. The molecule has 1 atom stereocenters. The number of nitriles is 1. The normalized spacial score (nSPS) is 11.9. The fourth-order valence-electron chi connectivity index (χ4n) is 2.12. The zero-order chi connectivity index (χ0) is 15.8. The number of benzene rings is 2. The lowest BCUT2D eigenvalue weighted by atomic mass is 10.1. The summed E-state index contributed by atoms with van der Waals surface area (Å²) in [7, 11) is 0. The Morgan fingerprint density at radius 3 is 2.55 bits per heavy atom. The highest BCUT2D eigenvalue weighted by Crippen LogP contribution is 2.20. The maximum absolute atomic E-state index is 9.34. The molecule has 0 aliphatic carbocycles. The predicted molar refractivity (Wildman–Crippen MR) is 88.4 cm³/mol. The molecule has 2 aromatic carbocycles. The van der Waals surface area contributed by atoms with E-state index in [9.17, 15) is 5.26 Å². The van der Waals surface area contributed by atoms with E-state index in [0.717, 1.165) is 23.4 Å². The van der Waals surface area contributed by atoms with Crippen LogP contribution in [0.3, 0.4) is 0 Å². The number of hydrogen-bond acceptors (Lipinski definition) is 3. The van der Waals surface area contributed by atoms with Crippen LogP contribution in [-0.4, -0.2) is 6.54 Å². The summed E-state index contributed by atoms with van der Waals surface area (Å²) in [6.07, 6.45) is 0. The van der Waals surface area contributed by atoms with Crippen LogP contribution in [0.25, 0.3) is 0 Å². The van der Waals surface area contributed by atoms with Crippen LogP contribution >= 0.6 is 0 Å². The van der Waals surface area contributed by atoms with Gasteiger partial charge in [0, 0.05) is 0 Å². The number of rotatable bonds is 7. The van der Waals surface area contributed by atoms with E-state index >= 15 is 0 Å². The van der Waals surface area contributed by atoms with Gasteiger partial charge in [-0.3, -0.25) is 5.32 Å². The minimum Gasteiger partial charge on any atom is -0.489 e. The van der Waals surface area contributed by atoms with Crippen molar-refractivity contribution < 1.29 is 4.74 Å². The molecule has 0 radical (unpaired) electrons. The molecule has 3 heteroatoms. The third-order valence-electron chi connectivity index (χ3n) is 3.30. The van der Waals surface area contributed by atoms with Crippen LogP contribution in [0.5, 0.6) is 5.75 Å². The Labute approximate surface area is 132 Å². The van der Waals surface area contributed by atoms with E-state index in [4.69, 9.17) is 4.74 Å². The van der Waals surface area contributed by atoms with Gasteiger partial charge >= 0.3 is 0 Å². The van der Waals surface area contributed by atoms with Gasteiger partial charge in [0.05, 0.1) is 6.07 Å². The largest absolute Gasteiger partial charge is 0.489 e. The molecule has 1 N–H and O–H groups in total. The Kier molecular flexibility index (Phi) is 6.00. The lowest BCUT2D eigenvalue weighted by Gasteiger charge is -2.15. The summed E-state index contributed by atoms with van der Waals surface area (Å²) >= 11 is 0. The third kappa shape index (κ3) is 4.91. The predicted octanol–water partition coefficient (Wildman–Crippen LogP) is 4.08. The number of nitrogens with one attached hydrogen (secondary N) is 1. The van der Waals surface area contributed by atoms with Crippen molar-refractivity contribution in [3.63, 3.8) is 0 Å². The van der Waals surface area contributed by atoms with Crippen molar-refractivity contribution in [1.29, 1.82) is 5.26 Å². The summed E-state index contributed by atoms with van der Waals surface area (Å²) in [6.45, 7) is 5.59. The van der Waals surface area contributed by atoms with Gasteiger partial charge < -0.3 is 4.74 Å². The topological polar surface area (TPSA) is 45.0 Å². The standard InChI is InChI=1S/C19H22N2O/c1-15(2)13-21-19(12-20)17-9-6-10-18(11-17)22-14-16-7-4-3-5-8-16/h3-11,15,19,21H,13-14H2,1-2H3. The highest BCUT2D eigenvalue weighted by Gasteiger charge is 2.11. The number of ether oxygens (including phenoxy) is 1. The van der Waals surface area contributed by atoms with Gasteiger partial charge in [0.15, 0.2) is 0 Å². The molecule has 0 aliphatic heterocycles. The van der Waals surface area contributed by atoms with Crippen molar-refractivity contribution in [2.45, 2.75) is 26.5 Å². The van der Waals surface area contributed by atoms with Crippen molar-refractivity contribution >= 4 is 0 Å². The van der Waals surface area contributed by atoms with Crippen LogP contribution < -0.4 is 10.1 Å². The van der Waals surface area contributed by atoms with Crippen molar-refractivity contribution in [3.05, 3.63) is 65.7 Å². The number of hydrogen-bond donors (Lipinski definition) is 1. The van der Waals surface area contributed by atoms with Gasteiger partial charge in [0.25, 0.3) is 0 Å². The quantitative estimate of drug-likeness (QED) is 0.837. The second-order valence-electron chi connectivity index (χ2n) is 5.71. The zero-order valence-corrected chi connectivity index (χ0v) is 13.1. The van der Waals surface area contributed by atoms with Crippen LogP contribution in [0.15, 0.2) is 54.6 Å². The lowest BCUT2D eigenvalue weighted by molar-refractivity contribution is 0.305. The molecule has 2 rings (SSSR count). The minimum absolute atomic E-state index is 0.303. The molecular formula is C19H22N2O. The Hall–Kier alpha value is -2.31. The zero-order valence-electron chi connectivity index (χ0n) is 13.1. The molecule has 22 heavy (non-hydrogen) atoms. The van der Waals surface area contributed by atoms with E-state index in [1.54, 1.807) is 0 Å². The highest BCUT2D eigenvalue weighted by atomic mass is 16.5. The van der Waals surface area contributed by atoms with Gasteiger partial charge in [-0.15, -0.1) is 0 Å². The average molecular weight is 294 g/mol. The average Bonchev–Trinajstić information content (AvgIpc) is 2.55. The fourth-order valence-corrected chi connectivity index (χ4v) is 2.12. The first-order valence-corrected chi connectivity index (χ1v) is 7.58. The molecular weight excluding hydrogens is 272 g/mol. The Bertz CT molecular complexity index is 617. The molecule has 1 unspecified atom stereocenters. The van der Waals surface area contributed by atoms with Crippen LogP contribution in [0, 0.1) is 17.2 Å². The summed E-state index contributed by atoms with van der Waals surface area (Å²) in [4.78, 5) is 0. The van der Waals surface area contributed by atoms with Crippen molar-refractivity contribution in [1.82, 2.24) is 5.32 Å². The summed E-state index contributed by atoms with van der Waals surface area (Å²) in [5, 5.41) is 12.6. The summed E-state index contributed by atoms with van der Waals surface area (Å²) in [5.41, 5.74) is 2.07. The second-order valence-corrected chi connectivity index (χ2v) is 5.71. The Morgan fingerprint density at radius 2 is 1.86 bits per heavy atom. The van der Waals surface area contributed by atoms with Gasteiger partial charge in [-0.05, 0) is 35.7 Å². The van der Waals surface area contributed by atoms with Crippen molar-refractivity contribution in [2.24, 2.45) is 5.92 Å². The highest BCUT2D eigenvalue weighted by molar-refractivity contribution is 5.33. The molecule has 0 aliphatic rings. The first-order valence-electron chi connectivity index (χ1n) is 7.58. The van der Waals surface area contributed by atoms with E-state index in [1.165, 1.54) is 0 Å². The van der Waals surface area contributed by atoms with E-state index in [2.05, 4.69) is 25.2 Å². The lowest BCUT2D eigenvalue weighted by Crippen LogP contribution is -2.24. The molecule has 0 saturated heterocycles. The van der Waals surface area contributed by atoms with E-state index in [-0.39, 0.29) is 6.04 Å². The van der Waals surface area contributed by atoms with Gasteiger partial charge in [-0.2, -0.15) is 5.26 Å². The van der Waals surface area contributed by atoms with Gasteiger partial charge in [0.2, 0.25) is 0 Å². The van der Waals surface area contributed by atoms with E-state index in [1.807, 2.05) is 54.6 Å². The molecule has 114 valence electrons. The van der Waals surface area contributed by atoms with Crippen LogP contribution in [-0.2, 0) is 6.61 Å². The Morgan fingerprint density at radius 1 is 1.09 bits per heavy atom. The molecule has 0 fully saturated rings. The molecule has 0 aromatic heterocycles. The molecule has 0 spiro atoms. The molecule has 0 amide bonds. The molecule has 3 nitrogen and oxygen atoms in total. The van der Waals surface area contributed by atoms with Gasteiger partial charge in [0.1, 0.15) is 18.4 Å². The minimum atomic E-state index is -0.303.